The van der Waals surface area contributed by atoms with Gasteiger partial charge in [0.15, 0.2) is 0 Å². The number of benzene rings is 1. The Morgan fingerprint density at radius 2 is 1.94 bits per heavy atom. The van der Waals surface area contributed by atoms with Crippen LogP contribution in [0.5, 0.6) is 0 Å². The van der Waals surface area contributed by atoms with Gasteiger partial charge in [-0.15, -0.1) is 11.3 Å². The minimum absolute atomic E-state index is 0.0846. The zero-order valence-corrected chi connectivity index (χ0v) is 11.5. The lowest BCUT2D eigenvalue weighted by molar-refractivity contribution is 0.0961. The first-order valence-electron chi connectivity index (χ1n) is 6.06. The molecule has 1 unspecified atom stereocenters. The molecule has 0 saturated carbocycles. The highest BCUT2D eigenvalue weighted by molar-refractivity contribution is 7.19. The molecular weight excluding hydrogens is 246 g/mol. The topological polar surface area (TPSA) is 52.5 Å². The first-order chi connectivity index (χ1) is 8.58. The number of hydrogen-bond acceptors (Lipinski definition) is 4. The SMILES string of the molecule is CC(NC(C)(CO)CO)c1cc2ccccc2s1. The fourth-order valence-electron chi connectivity index (χ4n) is 1.95. The molecule has 0 saturated heterocycles. The predicted octanol–water partition coefficient (Wildman–Crippen LogP) is 2.30. The Kier molecular flexibility index (Phi) is 4.02. The molecule has 18 heavy (non-hydrogen) atoms. The van der Waals surface area contributed by atoms with E-state index in [1.165, 1.54) is 15.0 Å². The van der Waals surface area contributed by atoms with Gasteiger partial charge in [-0.25, -0.2) is 0 Å². The molecule has 1 aromatic carbocycles. The van der Waals surface area contributed by atoms with Gasteiger partial charge in [0.2, 0.25) is 0 Å². The fourth-order valence-corrected chi connectivity index (χ4v) is 3.02. The van der Waals surface area contributed by atoms with E-state index in [1.807, 2.05) is 26.0 Å². The summed E-state index contributed by atoms with van der Waals surface area (Å²) in [5.41, 5.74) is -0.643. The second kappa shape index (κ2) is 5.36. The quantitative estimate of drug-likeness (QED) is 0.777. The standard InChI is InChI=1S/C14H19NO2S/c1-10(15-14(2,8-16)9-17)13-7-11-5-3-4-6-12(11)18-13/h3-7,10,15-17H,8-9H2,1-2H3. The van der Waals surface area contributed by atoms with Crippen LogP contribution in [0.25, 0.3) is 10.1 Å². The van der Waals surface area contributed by atoms with Crippen LogP contribution in [0.1, 0.15) is 24.8 Å². The van der Waals surface area contributed by atoms with Gasteiger partial charge in [0, 0.05) is 15.6 Å². The maximum atomic E-state index is 9.30. The minimum Gasteiger partial charge on any atom is -0.394 e. The maximum absolute atomic E-state index is 9.30. The van der Waals surface area contributed by atoms with Crippen molar-refractivity contribution in [3.63, 3.8) is 0 Å². The summed E-state index contributed by atoms with van der Waals surface area (Å²) in [5.74, 6) is 0. The van der Waals surface area contributed by atoms with Gasteiger partial charge in [0.05, 0.1) is 18.8 Å². The minimum atomic E-state index is -0.643. The lowest BCUT2D eigenvalue weighted by atomic mass is 10.0. The fraction of sp³-hybridized carbons (Fsp3) is 0.429. The third-order valence-corrected chi connectivity index (χ3v) is 4.43. The second-order valence-corrected chi connectivity index (χ2v) is 6.04. The molecule has 1 aromatic heterocycles. The highest BCUT2D eigenvalue weighted by Crippen LogP contribution is 2.30. The Morgan fingerprint density at radius 1 is 1.28 bits per heavy atom. The summed E-state index contributed by atoms with van der Waals surface area (Å²) < 4.78 is 1.26. The number of aliphatic hydroxyl groups excluding tert-OH is 2. The van der Waals surface area contributed by atoms with Gasteiger partial charge < -0.3 is 15.5 Å². The van der Waals surface area contributed by atoms with Gasteiger partial charge in [-0.3, -0.25) is 0 Å². The van der Waals surface area contributed by atoms with Crippen LogP contribution in [0.15, 0.2) is 30.3 Å². The van der Waals surface area contributed by atoms with Crippen LogP contribution >= 0.6 is 11.3 Å². The van der Waals surface area contributed by atoms with E-state index in [1.54, 1.807) is 11.3 Å². The van der Waals surface area contributed by atoms with Crippen molar-refractivity contribution in [2.24, 2.45) is 0 Å². The molecule has 4 heteroatoms. The molecule has 1 atom stereocenters. The molecule has 0 spiro atoms. The number of fused-ring (bicyclic) bond motifs is 1. The Labute approximate surface area is 111 Å². The van der Waals surface area contributed by atoms with E-state index < -0.39 is 5.54 Å². The van der Waals surface area contributed by atoms with Crippen molar-refractivity contribution in [3.8, 4) is 0 Å². The average Bonchev–Trinajstić information content (AvgIpc) is 2.82. The molecule has 0 radical (unpaired) electrons. The predicted molar refractivity (Wildman–Crippen MR) is 76.0 cm³/mol. The molecule has 3 nitrogen and oxygen atoms in total. The van der Waals surface area contributed by atoms with Gasteiger partial charge >= 0.3 is 0 Å². The van der Waals surface area contributed by atoms with Crippen LogP contribution in [-0.4, -0.2) is 29.0 Å². The Bertz CT molecular complexity index is 486. The summed E-state index contributed by atoms with van der Waals surface area (Å²) in [4.78, 5) is 1.21. The van der Waals surface area contributed by atoms with Gasteiger partial charge in [-0.1, -0.05) is 18.2 Å². The van der Waals surface area contributed by atoms with Gasteiger partial charge in [-0.2, -0.15) is 0 Å². The summed E-state index contributed by atoms with van der Waals surface area (Å²) in [6.07, 6.45) is 0. The number of rotatable bonds is 5. The number of nitrogens with one attached hydrogen (secondary N) is 1. The Hall–Kier alpha value is -0.940. The monoisotopic (exact) mass is 265 g/mol. The number of thiophene rings is 1. The van der Waals surface area contributed by atoms with E-state index in [9.17, 15) is 10.2 Å². The third-order valence-electron chi connectivity index (χ3n) is 3.13. The number of aliphatic hydroxyl groups is 2. The van der Waals surface area contributed by atoms with Crippen molar-refractivity contribution < 1.29 is 10.2 Å². The van der Waals surface area contributed by atoms with Crippen molar-refractivity contribution in [2.75, 3.05) is 13.2 Å². The molecule has 0 aliphatic carbocycles. The van der Waals surface area contributed by atoms with E-state index in [-0.39, 0.29) is 19.3 Å². The average molecular weight is 265 g/mol. The third kappa shape index (κ3) is 2.72. The molecule has 0 aliphatic rings. The molecule has 98 valence electrons. The summed E-state index contributed by atoms with van der Waals surface area (Å²) in [7, 11) is 0. The van der Waals surface area contributed by atoms with Gasteiger partial charge in [-0.05, 0) is 31.4 Å². The van der Waals surface area contributed by atoms with Crippen molar-refractivity contribution in [3.05, 3.63) is 35.2 Å². The lowest BCUT2D eigenvalue weighted by Gasteiger charge is -2.29. The Balaban J connectivity index is 2.20. The van der Waals surface area contributed by atoms with Crippen molar-refractivity contribution in [1.29, 1.82) is 0 Å². The molecule has 0 bridgehead atoms. The highest BCUT2D eigenvalue weighted by Gasteiger charge is 2.25. The zero-order chi connectivity index (χ0) is 13.2. The van der Waals surface area contributed by atoms with Crippen LogP contribution in [0.4, 0.5) is 0 Å². The smallest absolute Gasteiger partial charge is 0.0633 e. The highest BCUT2D eigenvalue weighted by atomic mass is 32.1. The molecule has 0 aliphatic heterocycles. The van der Waals surface area contributed by atoms with Crippen molar-refractivity contribution in [1.82, 2.24) is 5.32 Å². The molecule has 0 amide bonds. The second-order valence-electron chi connectivity index (χ2n) is 4.93. The first-order valence-corrected chi connectivity index (χ1v) is 6.87. The van der Waals surface area contributed by atoms with Crippen LogP contribution in [0.3, 0.4) is 0 Å². The Morgan fingerprint density at radius 3 is 2.56 bits per heavy atom. The molecule has 3 N–H and O–H groups in total. The van der Waals surface area contributed by atoms with Crippen molar-refractivity contribution in [2.45, 2.75) is 25.4 Å². The van der Waals surface area contributed by atoms with Crippen LogP contribution < -0.4 is 5.32 Å². The van der Waals surface area contributed by atoms with Crippen LogP contribution in [-0.2, 0) is 0 Å². The van der Waals surface area contributed by atoms with Gasteiger partial charge in [0.1, 0.15) is 0 Å². The molecule has 2 rings (SSSR count). The molecular formula is C14H19NO2S. The van der Waals surface area contributed by atoms with Crippen LogP contribution in [0, 0.1) is 0 Å². The van der Waals surface area contributed by atoms with Crippen molar-refractivity contribution >= 4 is 21.4 Å². The molecule has 0 fully saturated rings. The summed E-state index contributed by atoms with van der Waals surface area (Å²) in [5, 5.41) is 23.1. The van der Waals surface area contributed by atoms with E-state index in [4.69, 9.17) is 0 Å². The summed E-state index contributed by atoms with van der Waals surface area (Å²) >= 11 is 1.74. The zero-order valence-electron chi connectivity index (χ0n) is 10.7. The summed E-state index contributed by atoms with van der Waals surface area (Å²) in [6.45, 7) is 3.70. The van der Waals surface area contributed by atoms with E-state index >= 15 is 0 Å². The largest absolute Gasteiger partial charge is 0.394 e. The lowest BCUT2D eigenvalue weighted by Crippen LogP contribution is -2.49. The van der Waals surface area contributed by atoms with E-state index in [2.05, 4.69) is 23.5 Å². The number of hydrogen-bond donors (Lipinski definition) is 3. The first kappa shape index (κ1) is 13.5. The molecule has 1 heterocycles. The van der Waals surface area contributed by atoms with E-state index in [0.29, 0.717) is 0 Å². The summed E-state index contributed by atoms with van der Waals surface area (Å²) in [6, 6.07) is 10.5. The van der Waals surface area contributed by atoms with Gasteiger partial charge in [0.25, 0.3) is 0 Å². The normalized spacial score (nSPS) is 14.0. The molecule has 2 aromatic rings. The van der Waals surface area contributed by atoms with E-state index in [0.717, 1.165) is 0 Å². The van der Waals surface area contributed by atoms with Crippen LogP contribution in [0.2, 0.25) is 0 Å². The maximum Gasteiger partial charge on any atom is 0.0633 e.